The monoisotopic (exact) mass is 672 g/mol. The first-order valence-electron chi connectivity index (χ1n) is 16.1. The van der Waals surface area contributed by atoms with Gasteiger partial charge >= 0.3 is 11.9 Å². The van der Waals surface area contributed by atoms with Crippen LogP contribution in [0.25, 0.3) is 0 Å². The van der Waals surface area contributed by atoms with Crippen molar-refractivity contribution >= 4 is 46.7 Å². The first-order valence-corrected chi connectivity index (χ1v) is 17.0. The molecule has 1 aromatic carbocycles. The summed E-state index contributed by atoms with van der Waals surface area (Å²) < 4.78 is 5.62. The number of aromatic nitrogens is 1. The second kappa shape index (κ2) is 17.8. The molecule has 258 valence electrons. The third-order valence-electron chi connectivity index (χ3n) is 8.38. The van der Waals surface area contributed by atoms with Crippen LogP contribution in [0.3, 0.4) is 0 Å². The van der Waals surface area contributed by atoms with Crippen LogP contribution in [0.1, 0.15) is 93.9 Å². The number of thiazole rings is 1. The fraction of sp³-hybridized carbons (Fsp3) is 0.576. The number of carbonyl (C=O) groups excluding carboxylic acids is 4. The minimum atomic E-state index is -1.21. The minimum absolute atomic E-state index is 0.0216. The molecule has 1 aliphatic heterocycles. The number of benzene rings is 1. The van der Waals surface area contributed by atoms with Crippen molar-refractivity contribution < 1.29 is 33.8 Å². The van der Waals surface area contributed by atoms with E-state index in [0.717, 1.165) is 30.7 Å². The van der Waals surface area contributed by atoms with E-state index in [0.29, 0.717) is 29.1 Å². The average molecular weight is 673 g/mol. The summed E-state index contributed by atoms with van der Waals surface area (Å²) in [6.45, 7) is 9.74. The van der Waals surface area contributed by atoms with E-state index >= 15 is 0 Å². The van der Waals surface area contributed by atoms with Gasteiger partial charge in [-0.3, -0.25) is 19.2 Å². The third kappa shape index (κ3) is 11.3. The number of nitrogens with zero attached hydrogens (tertiary/aromatic N) is 1. The van der Waals surface area contributed by atoms with Crippen LogP contribution in [-0.4, -0.2) is 70.5 Å². The number of nitrogens with two attached hydrogens (primary N) is 1. The molecule has 0 bridgehead atoms. The summed E-state index contributed by atoms with van der Waals surface area (Å²) in [7, 11) is 0. The largest absolute Gasteiger partial charge is 0.480 e. The van der Waals surface area contributed by atoms with Gasteiger partial charge in [-0.2, -0.15) is 0 Å². The molecule has 0 unspecified atom stereocenters. The van der Waals surface area contributed by atoms with Crippen molar-refractivity contribution in [1.29, 1.82) is 0 Å². The Balaban J connectivity index is 1.73. The highest BCUT2D eigenvalue weighted by Gasteiger charge is 2.33. The molecule has 1 saturated heterocycles. The normalized spacial score (nSPS) is 17.9. The Morgan fingerprint density at radius 1 is 1.09 bits per heavy atom. The number of carboxylic acids is 1. The van der Waals surface area contributed by atoms with E-state index in [1.54, 1.807) is 24.3 Å². The van der Waals surface area contributed by atoms with Gasteiger partial charge in [-0.05, 0) is 48.9 Å². The number of carbonyl (C=O) groups is 5. The van der Waals surface area contributed by atoms with Gasteiger partial charge in [0.15, 0.2) is 6.10 Å². The zero-order chi connectivity index (χ0) is 34.7. The Hall–Kier alpha value is -4.04. The molecule has 6 atom stereocenters. The van der Waals surface area contributed by atoms with Gasteiger partial charge in [-0.15, -0.1) is 11.3 Å². The molecular formula is C33H48N6O7S. The number of nitrogen functional groups attached to an aromatic ring is 1. The van der Waals surface area contributed by atoms with Crippen LogP contribution >= 0.6 is 11.3 Å². The van der Waals surface area contributed by atoms with Crippen molar-refractivity contribution in [2.45, 2.75) is 103 Å². The maximum atomic E-state index is 13.6. The summed E-state index contributed by atoms with van der Waals surface area (Å²) in [5, 5.41) is 23.3. The van der Waals surface area contributed by atoms with Crippen molar-refractivity contribution in [3.63, 3.8) is 0 Å². The van der Waals surface area contributed by atoms with Crippen LogP contribution in [-0.2, 0) is 30.3 Å². The highest BCUT2D eigenvalue weighted by Crippen LogP contribution is 2.29. The van der Waals surface area contributed by atoms with Gasteiger partial charge in [0.05, 0.1) is 6.04 Å². The number of amides is 3. The molecule has 7 N–H and O–H groups in total. The Kier molecular flexibility index (Phi) is 14.1. The van der Waals surface area contributed by atoms with E-state index in [2.05, 4.69) is 26.3 Å². The summed E-state index contributed by atoms with van der Waals surface area (Å²) in [6, 6.07) is 3.92. The molecule has 2 heterocycles. The van der Waals surface area contributed by atoms with Crippen LogP contribution in [0.2, 0.25) is 0 Å². The van der Waals surface area contributed by atoms with Crippen LogP contribution in [0.4, 0.5) is 5.69 Å². The van der Waals surface area contributed by atoms with Gasteiger partial charge in [0.2, 0.25) is 11.8 Å². The molecule has 47 heavy (non-hydrogen) atoms. The molecule has 0 aliphatic carbocycles. The van der Waals surface area contributed by atoms with Gasteiger partial charge in [-0.25, -0.2) is 9.78 Å². The molecule has 0 saturated carbocycles. The van der Waals surface area contributed by atoms with E-state index in [1.165, 1.54) is 12.3 Å². The van der Waals surface area contributed by atoms with Crippen molar-refractivity contribution in [3.05, 3.63) is 45.9 Å². The Bertz CT molecular complexity index is 1380. The van der Waals surface area contributed by atoms with Crippen molar-refractivity contribution in [3.8, 4) is 0 Å². The van der Waals surface area contributed by atoms with Crippen LogP contribution in [0.15, 0.2) is 29.6 Å². The number of esters is 1. The lowest BCUT2D eigenvalue weighted by Gasteiger charge is -2.31. The van der Waals surface area contributed by atoms with E-state index in [9.17, 15) is 29.1 Å². The van der Waals surface area contributed by atoms with Gasteiger partial charge in [0.1, 0.15) is 22.8 Å². The fourth-order valence-corrected chi connectivity index (χ4v) is 6.13. The van der Waals surface area contributed by atoms with Crippen LogP contribution in [0, 0.1) is 11.8 Å². The number of anilines is 1. The lowest BCUT2D eigenvalue weighted by Crippen LogP contribution is -2.57. The number of nitrogens with one attached hydrogen (secondary N) is 4. The zero-order valence-corrected chi connectivity index (χ0v) is 28.5. The number of piperidine rings is 1. The maximum Gasteiger partial charge on any atom is 0.326 e. The molecule has 3 amide bonds. The quantitative estimate of drug-likeness (QED) is 0.114. The van der Waals surface area contributed by atoms with Crippen LogP contribution in [0.5, 0.6) is 0 Å². The first kappa shape index (κ1) is 37.4. The summed E-state index contributed by atoms with van der Waals surface area (Å²) >= 11 is 1.09. The van der Waals surface area contributed by atoms with Crippen molar-refractivity contribution in [2.75, 3.05) is 12.3 Å². The van der Waals surface area contributed by atoms with E-state index in [4.69, 9.17) is 10.5 Å². The highest BCUT2D eigenvalue weighted by molar-refractivity contribution is 7.09. The molecule has 2 aromatic rings. The zero-order valence-electron chi connectivity index (χ0n) is 27.7. The Morgan fingerprint density at radius 3 is 2.36 bits per heavy atom. The van der Waals surface area contributed by atoms with Gasteiger partial charge < -0.3 is 36.8 Å². The smallest absolute Gasteiger partial charge is 0.326 e. The average Bonchev–Trinajstić information content (AvgIpc) is 3.54. The predicted molar refractivity (Wildman–Crippen MR) is 178 cm³/mol. The topological polar surface area (TPSA) is 202 Å². The highest BCUT2D eigenvalue weighted by atomic mass is 32.1. The molecule has 1 aliphatic rings. The third-order valence-corrected chi connectivity index (χ3v) is 9.32. The van der Waals surface area contributed by atoms with Gasteiger partial charge in [0.25, 0.3) is 5.91 Å². The second-order valence-electron chi connectivity index (χ2n) is 12.4. The summed E-state index contributed by atoms with van der Waals surface area (Å²) in [4.78, 5) is 68.2. The predicted octanol–water partition coefficient (Wildman–Crippen LogP) is 2.96. The number of ether oxygens (including phenoxy) is 1. The lowest BCUT2D eigenvalue weighted by atomic mass is 9.94. The number of hydrogen-bond donors (Lipinski definition) is 6. The molecular weight excluding hydrogens is 624 g/mol. The molecule has 14 heteroatoms. The molecule has 1 aromatic heterocycles. The van der Waals surface area contributed by atoms with Crippen LogP contribution < -0.4 is 27.0 Å². The summed E-state index contributed by atoms with van der Waals surface area (Å²) in [5.41, 5.74) is 6.91. The Morgan fingerprint density at radius 2 is 1.79 bits per heavy atom. The van der Waals surface area contributed by atoms with Crippen molar-refractivity contribution in [1.82, 2.24) is 26.3 Å². The number of carboxylic acid groups (broad SMARTS) is 1. The Labute approximate surface area is 279 Å². The second-order valence-corrected chi connectivity index (χ2v) is 13.3. The molecule has 0 spiro atoms. The molecule has 1 fully saturated rings. The fourth-order valence-electron chi connectivity index (χ4n) is 5.29. The molecule has 0 radical (unpaired) electrons. The number of rotatable bonds is 16. The standard InChI is InChI=1S/C33H48N6O7S/c1-6-19(4)28(39-29(41)23-9-7-8-14-35-23)31(43)36-24(18(2)3)16-27(46-20(5)40)32-38-26(17-47-32)30(42)37-25(33(44)45)15-21-10-12-22(34)13-11-21/h10-13,17-19,23-25,27-28,35H,6-9,14-16,34H2,1-5H3,(H,36,43)(H,37,42)(H,39,41)(H,44,45)/t19-,23+,24+,25-,27+,28-/m0/s1. The number of aliphatic carboxylic acids is 1. The maximum absolute atomic E-state index is 13.6. The number of hydrogen-bond acceptors (Lipinski definition) is 10. The molecule has 3 rings (SSSR count). The van der Waals surface area contributed by atoms with E-state index in [-0.39, 0.29) is 48.2 Å². The summed E-state index contributed by atoms with van der Waals surface area (Å²) in [6.07, 6.45) is 2.66. The summed E-state index contributed by atoms with van der Waals surface area (Å²) in [5.74, 6) is -3.21. The molecule has 13 nitrogen and oxygen atoms in total. The SMILES string of the molecule is CC[C@H](C)[C@H](NC(=O)[C@H]1CCCCN1)C(=O)N[C@H](C[C@@H](OC(C)=O)c1nc(C(=O)N[C@@H](Cc2ccc(N)cc2)C(=O)O)cs1)C(C)C. The van der Waals surface area contributed by atoms with Gasteiger partial charge in [0, 0.05) is 36.9 Å². The van der Waals surface area contributed by atoms with Gasteiger partial charge in [-0.1, -0.05) is 52.7 Å². The van der Waals surface area contributed by atoms with E-state index < -0.39 is 42.1 Å². The minimum Gasteiger partial charge on any atom is -0.480 e. The first-order chi connectivity index (χ1) is 22.3. The van der Waals surface area contributed by atoms with E-state index in [1.807, 2.05) is 27.7 Å². The lowest BCUT2D eigenvalue weighted by molar-refractivity contribution is -0.147. The van der Waals surface area contributed by atoms with Crippen molar-refractivity contribution in [2.24, 2.45) is 11.8 Å².